The molecule has 2 saturated heterocycles. The van der Waals surface area contributed by atoms with E-state index >= 15 is 4.39 Å². The number of rotatable bonds is 9. The van der Waals surface area contributed by atoms with E-state index in [2.05, 4.69) is 20.5 Å². The van der Waals surface area contributed by atoms with Gasteiger partial charge in [0.05, 0.1) is 51.3 Å². The van der Waals surface area contributed by atoms with Crippen LogP contribution in [0.15, 0.2) is 53.3 Å². The number of anilines is 2. The zero-order chi connectivity index (χ0) is 41.7. The van der Waals surface area contributed by atoms with Gasteiger partial charge in [0.25, 0.3) is 5.91 Å². The molecule has 0 radical (unpaired) electrons. The van der Waals surface area contributed by atoms with Crippen molar-refractivity contribution in [1.29, 1.82) is 0 Å². The van der Waals surface area contributed by atoms with Crippen LogP contribution in [0.1, 0.15) is 78.1 Å². The Hall–Kier alpha value is -5.36. The summed E-state index contributed by atoms with van der Waals surface area (Å²) in [7, 11) is 5.08. The molecule has 1 unspecified atom stereocenters. The molecule has 5 aromatic rings. The molecule has 3 fully saturated rings. The monoisotopic (exact) mass is 836 g/mol. The van der Waals surface area contributed by atoms with E-state index in [1.54, 1.807) is 25.2 Å². The van der Waals surface area contributed by atoms with E-state index in [1.807, 2.05) is 24.1 Å². The van der Waals surface area contributed by atoms with Crippen LogP contribution in [0.25, 0.3) is 21.3 Å². The molecule has 2 aliphatic heterocycles. The standard InChI is InChI=1S/C41H44F4N8O5S/c1-50(28-16-17-52(21-24(28)42)29-7-5-8-30-36(29)51(2)40(57)53(30)31-14-15-35(54)49-38(31)56)20-22-10-12-23(13-11-22)39-48-27-18-32(58-3)26(19-33(27)59-39)47-37(55)25-6-4-9-34(46-25)41(43,44)45/h4-9,18-19,22-24,28,31H,10-17,20-21H2,1-3H3,(H,47,55)(H,49,54,56)/t22?,23?,24-,28+,31?/m0/s1. The number of halogens is 4. The molecule has 3 amide bonds. The van der Waals surface area contributed by atoms with Crippen LogP contribution in [0.2, 0.25) is 0 Å². The maximum absolute atomic E-state index is 16.1. The summed E-state index contributed by atoms with van der Waals surface area (Å²) in [6.45, 7) is 1.51. The van der Waals surface area contributed by atoms with Crippen LogP contribution in [-0.2, 0) is 22.8 Å². The Bertz CT molecular complexity index is 2490. The number of nitrogens with zero attached hydrogens (tertiary/aromatic N) is 6. The van der Waals surface area contributed by atoms with Gasteiger partial charge in [0.15, 0.2) is 0 Å². The molecular weight excluding hydrogens is 793 g/mol. The number of fused-ring (bicyclic) bond motifs is 2. The van der Waals surface area contributed by atoms with E-state index in [4.69, 9.17) is 9.72 Å². The Kier molecular flexibility index (Phi) is 11.0. The SMILES string of the molecule is COc1cc2nc(C3CCC(CN(C)[C@@H]4CCN(c5cccc6c5n(C)c(=O)n6C5CCC(=O)NC5=O)C[C@@H]4F)CC3)sc2cc1NC(=O)c1cccc(C(F)(F)F)n1. The van der Waals surface area contributed by atoms with Crippen molar-refractivity contribution >= 4 is 61.7 Å². The van der Waals surface area contributed by atoms with Crippen LogP contribution >= 0.6 is 11.3 Å². The van der Waals surface area contributed by atoms with Crippen molar-refractivity contribution in [2.75, 3.05) is 44.0 Å². The lowest BCUT2D eigenvalue weighted by Crippen LogP contribution is -2.52. The third-order valence-electron chi connectivity index (χ3n) is 12.0. The molecule has 18 heteroatoms. The molecule has 3 aliphatic rings. The molecule has 1 saturated carbocycles. The van der Waals surface area contributed by atoms with Crippen LogP contribution in [0.3, 0.4) is 0 Å². The number of amides is 3. The molecule has 2 aromatic carbocycles. The lowest BCUT2D eigenvalue weighted by molar-refractivity contribution is -0.141. The lowest BCUT2D eigenvalue weighted by atomic mass is 9.81. The zero-order valence-electron chi connectivity index (χ0n) is 32.7. The van der Waals surface area contributed by atoms with E-state index in [-0.39, 0.29) is 48.6 Å². The Balaban J connectivity index is 0.881. The van der Waals surface area contributed by atoms with Crippen LogP contribution < -0.4 is 26.0 Å². The fourth-order valence-electron chi connectivity index (χ4n) is 8.96. The van der Waals surface area contributed by atoms with Gasteiger partial charge in [-0.15, -0.1) is 11.3 Å². The van der Waals surface area contributed by atoms with Gasteiger partial charge in [0.1, 0.15) is 29.4 Å². The van der Waals surface area contributed by atoms with E-state index < -0.39 is 35.9 Å². The highest BCUT2D eigenvalue weighted by molar-refractivity contribution is 7.18. The number of benzene rings is 2. The number of carbonyl (C=O) groups is 3. The highest BCUT2D eigenvalue weighted by Gasteiger charge is 2.37. The number of methoxy groups -OCH3 is 1. The average Bonchev–Trinajstić information content (AvgIpc) is 3.74. The summed E-state index contributed by atoms with van der Waals surface area (Å²) in [5.74, 6) is -0.711. The first-order valence-corrected chi connectivity index (χ1v) is 20.5. The summed E-state index contributed by atoms with van der Waals surface area (Å²) in [6, 6.07) is 11.0. The number of piperidine rings is 2. The number of nitrogens with one attached hydrogen (secondary N) is 2. The number of alkyl halides is 4. The van der Waals surface area contributed by atoms with Crippen molar-refractivity contribution in [3.63, 3.8) is 0 Å². The van der Waals surface area contributed by atoms with E-state index in [0.717, 1.165) is 59.8 Å². The van der Waals surface area contributed by atoms with E-state index in [0.29, 0.717) is 46.9 Å². The van der Waals surface area contributed by atoms with Crippen LogP contribution in [0.5, 0.6) is 5.75 Å². The van der Waals surface area contributed by atoms with Crippen molar-refractivity contribution in [1.82, 2.24) is 29.3 Å². The number of hydrogen-bond donors (Lipinski definition) is 2. The number of imidazole rings is 1. The number of pyridine rings is 1. The van der Waals surface area contributed by atoms with Crippen molar-refractivity contribution < 1.29 is 36.7 Å². The molecule has 13 nitrogen and oxygen atoms in total. The predicted molar refractivity (Wildman–Crippen MR) is 215 cm³/mol. The highest BCUT2D eigenvalue weighted by atomic mass is 32.1. The number of para-hydroxylation sites is 1. The summed E-state index contributed by atoms with van der Waals surface area (Å²) in [6.07, 6.45) is -1.10. The van der Waals surface area contributed by atoms with Crippen molar-refractivity contribution in [3.05, 3.63) is 75.4 Å². The minimum Gasteiger partial charge on any atom is -0.494 e. The minimum atomic E-state index is -4.68. The first-order chi connectivity index (χ1) is 28.2. The quantitative estimate of drug-likeness (QED) is 0.127. The smallest absolute Gasteiger partial charge is 0.433 e. The number of thiazole rings is 1. The molecule has 0 spiro atoms. The topological polar surface area (TPSA) is 144 Å². The summed E-state index contributed by atoms with van der Waals surface area (Å²) in [5.41, 5.74) is 1.05. The Morgan fingerprint density at radius 1 is 1.03 bits per heavy atom. The largest absolute Gasteiger partial charge is 0.494 e. The first kappa shape index (κ1) is 40.4. The van der Waals surface area contributed by atoms with Crippen LogP contribution in [0, 0.1) is 5.92 Å². The number of hydrogen-bond acceptors (Lipinski definition) is 10. The van der Waals surface area contributed by atoms with Gasteiger partial charge in [-0.2, -0.15) is 13.2 Å². The van der Waals surface area contributed by atoms with Gasteiger partial charge >= 0.3 is 11.9 Å². The third-order valence-corrected chi connectivity index (χ3v) is 13.2. The summed E-state index contributed by atoms with van der Waals surface area (Å²) in [4.78, 5) is 63.3. The van der Waals surface area contributed by atoms with Gasteiger partial charge in [-0.1, -0.05) is 12.1 Å². The molecule has 312 valence electrons. The fourth-order valence-corrected chi connectivity index (χ4v) is 10.1. The van der Waals surface area contributed by atoms with Gasteiger partial charge in [-0.25, -0.2) is 19.2 Å². The number of carbonyl (C=O) groups excluding carboxylic acids is 3. The second kappa shape index (κ2) is 16.0. The van der Waals surface area contributed by atoms with Crippen molar-refractivity contribution in [2.45, 2.75) is 75.3 Å². The molecule has 3 aromatic heterocycles. The molecule has 8 rings (SSSR count). The molecule has 1 aliphatic carbocycles. The average molecular weight is 837 g/mol. The maximum Gasteiger partial charge on any atom is 0.433 e. The number of imide groups is 1. The van der Waals surface area contributed by atoms with Crippen LogP contribution in [-0.4, -0.2) is 87.7 Å². The normalized spacial score (nSPS) is 22.9. The lowest BCUT2D eigenvalue weighted by Gasteiger charge is -2.42. The van der Waals surface area contributed by atoms with Crippen molar-refractivity contribution in [2.24, 2.45) is 13.0 Å². The Labute approximate surface area is 340 Å². The van der Waals surface area contributed by atoms with Gasteiger partial charge in [-0.05, 0) is 81.8 Å². The molecule has 3 atom stereocenters. The highest BCUT2D eigenvalue weighted by Crippen LogP contribution is 2.42. The number of ether oxygens (including phenoxy) is 1. The van der Waals surface area contributed by atoms with E-state index in [9.17, 15) is 32.3 Å². The molecule has 59 heavy (non-hydrogen) atoms. The summed E-state index contributed by atoms with van der Waals surface area (Å²) in [5, 5.41) is 5.95. The molecule has 0 bridgehead atoms. The Morgan fingerprint density at radius 3 is 2.51 bits per heavy atom. The van der Waals surface area contributed by atoms with E-state index in [1.165, 1.54) is 33.6 Å². The maximum atomic E-state index is 16.1. The Morgan fingerprint density at radius 2 is 1.80 bits per heavy atom. The zero-order valence-corrected chi connectivity index (χ0v) is 33.5. The summed E-state index contributed by atoms with van der Waals surface area (Å²) < 4.78 is 64.9. The fraction of sp³-hybridized carbons (Fsp3) is 0.463. The third kappa shape index (κ3) is 7.91. The second-order valence-corrected chi connectivity index (χ2v) is 16.8. The van der Waals surface area contributed by atoms with Gasteiger partial charge < -0.3 is 19.9 Å². The van der Waals surface area contributed by atoms with Gasteiger partial charge in [0, 0.05) is 44.6 Å². The molecule has 2 N–H and O–H groups in total. The molecule has 5 heterocycles. The first-order valence-electron chi connectivity index (χ1n) is 19.7. The second-order valence-electron chi connectivity index (χ2n) is 15.7. The number of aryl methyl sites for hydroxylation is 1. The predicted octanol–water partition coefficient (Wildman–Crippen LogP) is 6.42. The summed E-state index contributed by atoms with van der Waals surface area (Å²) >= 11 is 1.52. The minimum absolute atomic E-state index is 0.147. The van der Waals surface area contributed by atoms with Crippen molar-refractivity contribution in [3.8, 4) is 5.75 Å². The molecular formula is C41H44F4N8O5S. The van der Waals surface area contributed by atoms with Crippen LogP contribution in [0.4, 0.5) is 28.9 Å². The van der Waals surface area contributed by atoms with Gasteiger partial charge in [-0.3, -0.25) is 28.8 Å². The van der Waals surface area contributed by atoms with Gasteiger partial charge in [0.2, 0.25) is 11.8 Å². The number of aromatic nitrogens is 4.